The normalized spacial score (nSPS) is 28.1. The molecule has 5 nitrogen and oxygen atoms in total. The van der Waals surface area contributed by atoms with E-state index in [1.165, 1.54) is 12.8 Å². The highest BCUT2D eigenvalue weighted by atomic mass is 16.5. The van der Waals surface area contributed by atoms with Crippen LogP contribution in [0.15, 0.2) is 18.3 Å². The third-order valence-corrected chi connectivity index (χ3v) is 4.27. The number of ether oxygens (including phenoxy) is 1. The summed E-state index contributed by atoms with van der Waals surface area (Å²) < 4.78 is 5.00. The van der Waals surface area contributed by atoms with E-state index in [-0.39, 0.29) is 5.91 Å². The molecule has 2 atom stereocenters. The van der Waals surface area contributed by atoms with Gasteiger partial charge < -0.3 is 15.4 Å². The number of aromatic nitrogens is 1. The second-order valence-electron chi connectivity index (χ2n) is 5.82. The summed E-state index contributed by atoms with van der Waals surface area (Å²) in [4.78, 5) is 16.2. The van der Waals surface area contributed by atoms with Gasteiger partial charge >= 0.3 is 0 Å². The lowest BCUT2D eigenvalue weighted by Gasteiger charge is -2.28. The van der Waals surface area contributed by atoms with Crippen LogP contribution in [0, 0.1) is 5.92 Å². The zero-order valence-corrected chi connectivity index (χ0v) is 11.8. The van der Waals surface area contributed by atoms with Crippen LogP contribution in [0.5, 0.6) is 5.88 Å². The topological polar surface area (TPSA) is 63.2 Å². The van der Waals surface area contributed by atoms with Gasteiger partial charge in [-0.1, -0.05) is 0 Å². The van der Waals surface area contributed by atoms with E-state index in [9.17, 15) is 4.79 Å². The minimum Gasteiger partial charge on any atom is -0.481 e. The van der Waals surface area contributed by atoms with Gasteiger partial charge in [-0.15, -0.1) is 0 Å². The average Bonchev–Trinajstić information content (AvgIpc) is 2.78. The van der Waals surface area contributed by atoms with Crippen molar-refractivity contribution in [2.45, 2.75) is 44.2 Å². The van der Waals surface area contributed by atoms with Crippen molar-refractivity contribution in [1.82, 2.24) is 10.3 Å². The van der Waals surface area contributed by atoms with Crippen molar-refractivity contribution >= 4 is 11.6 Å². The number of methoxy groups -OCH3 is 1. The summed E-state index contributed by atoms with van der Waals surface area (Å²) in [6.07, 6.45) is 7.04. The summed E-state index contributed by atoms with van der Waals surface area (Å²) in [6.45, 7) is 0. The number of fused-ring (bicyclic) bond motifs is 2. The number of amides is 1. The first-order valence-corrected chi connectivity index (χ1v) is 7.29. The van der Waals surface area contributed by atoms with E-state index in [0.717, 1.165) is 18.5 Å². The van der Waals surface area contributed by atoms with Gasteiger partial charge in [-0.05, 0) is 37.7 Å². The maximum atomic E-state index is 12.1. The lowest BCUT2D eigenvalue weighted by molar-refractivity contribution is -0.117. The molecule has 3 heterocycles. The second kappa shape index (κ2) is 5.79. The van der Waals surface area contributed by atoms with Crippen LogP contribution in [0.25, 0.3) is 0 Å². The summed E-state index contributed by atoms with van der Waals surface area (Å²) in [7, 11) is 1.58. The molecule has 0 saturated carbocycles. The van der Waals surface area contributed by atoms with Crippen molar-refractivity contribution in [3.05, 3.63) is 18.3 Å². The Kier molecular flexibility index (Phi) is 3.87. The molecule has 1 amide bonds. The molecule has 2 N–H and O–H groups in total. The molecule has 5 heteroatoms. The number of carbonyl (C=O) groups is 1. The Balaban J connectivity index is 1.51. The fraction of sp³-hybridized carbons (Fsp3) is 0.600. The Morgan fingerprint density at radius 2 is 2.15 bits per heavy atom. The highest BCUT2D eigenvalue weighted by Crippen LogP contribution is 2.32. The van der Waals surface area contributed by atoms with Crippen LogP contribution in [0.3, 0.4) is 0 Å². The van der Waals surface area contributed by atoms with E-state index in [1.54, 1.807) is 19.4 Å². The van der Waals surface area contributed by atoms with Crippen LogP contribution in [0.1, 0.15) is 32.1 Å². The van der Waals surface area contributed by atoms with Gasteiger partial charge in [-0.3, -0.25) is 4.79 Å². The van der Waals surface area contributed by atoms with Crippen molar-refractivity contribution < 1.29 is 9.53 Å². The van der Waals surface area contributed by atoms with Gasteiger partial charge in [-0.2, -0.15) is 0 Å². The molecule has 3 rings (SSSR count). The first-order valence-electron chi connectivity index (χ1n) is 7.29. The SMILES string of the molecule is COc1ccc(NC(=O)CC2CC3CCC(C2)N3)cn1. The minimum absolute atomic E-state index is 0.0864. The number of pyridine rings is 1. The zero-order valence-electron chi connectivity index (χ0n) is 11.8. The quantitative estimate of drug-likeness (QED) is 0.881. The lowest BCUT2D eigenvalue weighted by Crippen LogP contribution is -2.39. The van der Waals surface area contributed by atoms with Crippen LogP contribution in [-0.2, 0) is 4.79 Å². The van der Waals surface area contributed by atoms with Crippen molar-refractivity contribution in [2.75, 3.05) is 12.4 Å². The van der Waals surface area contributed by atoms with Gasteiger partial charge in [0.25, 0.3) is 0 Å². The minimum atomic E-state index is 0.0864. The molecule has 1 aromatic heterocycles. The van der Waals surface area contributed by atoms with Crippen molar-refractivity contribution in [1.29, 1.82) is 0 Å². The molecule has 2 saturated heterocycles. The summed E-state index contributed by atoms with van der Waals surface area (Å²) in [5, 5.41) is 6.51. The average molecular weight is 275 g/mol. The van der Waals surface area contributed by atoms with Gasteiger partial charge in [0.2, 0.25) is 11.8 Å². The third kappa shape index (κ3) is 3.10. The van der Waals surface area contributed by atoms with E-state index < -0.39 is 0 Å². The number of carbonyl (C=O) groups excluding carboxylic acids is 1. The summed E-state index contributed by atoms with van der Waals surface area (Å²) in [5.41, 5.74) is 0.729. The van der Waals surface area contributed by atoms with Crippen LogP contribution in [0.2, 0.25) is 0 Å². The standard InChI is InChI=1S/C15H21N3O2/c1-20-15-5-4-13(9-16-15)18-14(19)8-10-6-11-2-3-12(7-10)17-11/h4-5,9-12,17H,2-3,6-8H2,1H3,(H,18,19). The molecule has 20 heavy (non-hydrogen) atoms. The molecule has 2 unspecified atom stereocenters. The number of nitrogens with zero attached hydrogens (tertiary/aromatic N) is 1. The Hall–Kier alpha value is -1.62. The van der Waals surface area contributed by atoms with Gasteiger partial charge in [0, 0.05) is 24.6 Å². The largest absolute Gasteiger partial charge is 0.481 e. The molecule has 2 aliphatic heterocycles. The zero-order chi connectivity index (χ0) is 13.9. The Bertz CT molecular complexity index is 463. The van der Waals surface area contributed by atoms with E-state index >= 15 is 0 Å². The van der Waals surface area contributed by atoms with Crippen LogP contribution in [0.4, 0.5) is 5.69 Å². The van der Waals surface area contributed by atoms with E-state index in [4.69, 9.17) is 4.74 Å². The highest BCUT2D eigenvalue weighted by Gasteiger charge is 2.34. The number of nitrogens with one attached hydrogen (secondary N) is 2. The summed E-state index contributed by atoms with van der Waals surface area (Å²) >= 11 is 0. The number of rotatable bonds is 4. The maximum Gasteiger partial charge on any atom is 0.224 e. The first-order chi connectivity index (χ1) is 9.72. The smallest absolute Gasteiger partial charge is 0.224 e. The molecular formula is C15H21N3O2. The summed E-state index contributed by atoms with van der Waals surface area (Å²) in [6, 6.07) is 4.83. The summed E-state index contributed by atoms with van der Waals surface area (Å²) in [5.74, 6) is 1.15. The van der Waals surface area contributed by atoms with Gasteiger partial charge in [0.1, 0.15) is 0 Å². The van der Waals surface area contributed by atoms with E-state index in [2.05, 4.69) is 15.6 Å². The number of anilines is 1. The molecule has 0 radical (unpaired) electrons. The predicted molar refractivity (Wildman–Crippen MR) is 76.7 cm³/mol. The molecule has 0 aromatic carbocycles. The second-order valence-corrected chi connectivity index (χ2v) is 5.82. The fourth-order valence-corrected chi connectivity index (χ4v) is 3.39. The maximum absolute atomic E-state index is 12.1. The van der Waals surface area contributed by atoms with Crippen LogP contribution >= 0.6 is 0 Å². The highest BCUT2D eigenvalue weighted by molar-refractivity contribution is 5.90. The Morgan fingerprint density at radius 3 is 2.75 bits per heavy atom. The number of hydrogen-bond donors (Lipinski definition) is 2. The molecule has 1 aromatic rings. The van der Waals surface area contributed by atoms with Gasteiger partial charge in [0.15, 0.2) is 0 Å². The fourth-order valence-electron chi connectivity index (χ4n) is 3.39. The van der Waals surface area contributed by atoms with Gasteiger partial charge in [-0.25, -0.2) is 4.98 Å². The molecule has 108 valence electrons. The van der Waals surface area contributed by atoms with Crippen LogP contribution < -0.4 is 15.4 Å². The molecule has 2 aliphatic rings. The van der Waals surface area contributed by atoms with Gasteiger partial charge in [0.05, 0.1) is 19.0 Å². The monoisotopic (exact) mass is 275 g/mol. The predicted octanol–water partition coefficient (Wildman–Crippen LogP) is 1.95. The molecule has 0 spiro atoms. The number of hydrogen-bond acceptors (Lipinski definition) is 4. The molecular weight excluding hydrogens is 254 g/mol. The molecule has 0 aliphatic carbocycles. The lowest BCUT2D eigenvalue weighted by atomic mass is 9.89. The molecule has 2 bridgehead atoms. The number of piperidine rings is 1. The van der Waals surface area contributed by atoms with E-state index in [0.29, 0.717) is 30.3 Å². The Labute approximate surface area is 119 Å². The van der Waals surface area contributed by atoms with E-state index in [1.807, 2.05) is 6.07 Å². The molecule has 2 fully saturated rings. The third-order valence-electron chi connectivity index (χ3n) is 4.27. The van der Waals surface area contributed by atoms with Crippen molar-refractivity contribution in [3.8, 4) is 5.88 Å². The Morgan fingerprint density at radius 1 is 1.40 bits per heavy atom. The van der Waals surface area contributed by atoms with Crippen molar-refractivity contribution in [3.63, 3.8) is 0 Å². The van der Waals surface area contributed by atoms with Crippen LogP contribution in [-0.4, -0.2) is 30.1 Å². The first kappa shape index (κ1) is 13.4. The van der Waals surface area contributed by atoms with Crippen molar-refractivity contribution in [2.24, 2.45) is 5.92 Å².